The first-order valence-corrected chi connectivity index (χ1v) is 4.72. The number of hydrogen-bond acceptors (Lipinski definition) is 3. The molecule has 0 spiro atoms. The minimum atomic E-state index is -1.23. The molecule has 0 aromatic heterocycles. The van der Waals surface area contributed by atoms with E-state index in [2.05, 4.69) is 0 Å². The quantitative estimate of drug-likeness (QED) is 0.765. The van der Waals surface area contributed by atoms with Crippen LogP contribution in [-0.4, -0.2) is 23.2 Å². The second-order valence-corrected chi connectivity index (χ2v) is 3.63. The summed E-state index contributed by atoms with van der Waals surface area (Å²) in [6, 6.07) is 9.22. The summed E-state index contributed by atoms with van der Waals surface area (Å²) in [5.74, 6) is -0.294. The van der Waals surface area contributed by atoms with Crippen LogP contribution in [0.25, 0.3) is 0 Å². The van der Waals surface area contributed by atoms with Crippen molar-refractivity contribution < 1.29 is 14.6 Å². The van der Waals surface area contributed by atoms with Gasteiger partial charge in [-0.1, -0.05) is 18.2 Å². The van der Waals surface area contributed by atoms with E-state index in [1.165, 1.54) is 6.92 Å². The SMILES string of the molecule is C[C@](N)(CCOc1ccccc1)C(=O)O. The van der Waals surface area contributed by atoms with E-state index in [4.69, 9.17) is 15.6 Å². The lowest BCUT2D eigenvalue weighted by Gasteiger charge is -2.18. The Morgan fingerprint density at radius 3 is 2.60 bits per heavy atom. The van der Waals surface area contributed by atoms with Crippen LogP contribution in [0.5, 0.6) is 5.75 Å². The monoisotopic (exact) mass is 209 g/mol. The van der Waals surface area contributed by atoms with Crippen LogP contribution in [0, 0.1) is 0 Å². The summed E-state index contributed by atoms with van der Waals surface area (Å²) in [4.78, 5) is 10.7. The highest BCUT2D eigenvalue weighted by atomic mass is 16.5. The number of para-hydroxylation sites is 1. The smallest absolute Gasteiger partial charge is 0.323 e. The van der Waals surface area contributed by atoms with Crippen LogP contribution >= 0.6 is 0 Å². The van der Waals surface area contributed by atoms with Crippen molar-refractivity contribution in [2.45, 2.75) is 18.9 Å². The Hall–Kier alpha value is -1.55. The molecule has 1 aromatic carbocycles. The fourth-order valence-corrected chi connectivity index (χ4v) is 1.00. The molecule has 0 amide bonds. The Bertz CT molecular complexity index is 322. The van der Waals surface area contributed by atoms with Gasteiger partial charge in [-0.05, 0) is 19.1 Å². The molecule has 0 unspecified atom stereocenters. The molecule has 1 rings (SSSR count). The van der Waals surface area contributed by atoms with Crippen LogP contribution in [-0.2, 0) is 4.79 Å². The summed E-state index contributed by atoms with van der Waals surface area (Å²) in [5.41, 5.74) is 4.32. The zero-order valence-electron chi connectivity index (χ0n) is 8.64. The Labute approximate surface area is 88.7 Å². The van der Waals surface area contributed by atoms with Crippen molar-refractivity contribution in [3.8, 4) is 5.75 Å². The molecule has 4 nitrogen and oxygen atoms in total. The van der Waals surface area contributed by atoms with Crippen molar-refractivity contribution in [3.63, 3.8) is 0 Å². The van der Waals surface area contributed by atoms with Gasteiger partial charge in [-0.15, -0.1) is 0 Å². The molecule has 15 heavy (non-hydrogen) atoms. The average Bonchev–Trinajstić information content (AvgIpc) is 2.19. The summed E-state index contributed by atoms with van der Waals surface area (Å²) in [6.45, 7) is 1.77. The van der Waals surface area contributed by atoms with E-state index in [0.29, 0.717) is 6.61 Å². The lowest BCUT2D eigenvalue weighted by molar-refractivity contribution is -0.143. The second kappa shape index (κ2) is 4.79. The highest BCUT2D eigenvalue weighted by molar-refractivity contribution is 5.77. The Morgan fingerprint density at radius 2 is 2.07 bits per heavy atom. The molecule has 0 aliphatic heterocycles. The summed E-state index contributed by atoms with van der Waals surface area (Å²) < 4.78 is 5.35. The van der Waals surface area contributed by atoms with Gasteiger partial charge in [0.1, 0.15) is 11.3 Å². The van der Waals surface area contributed by atoms with Crippen molar-refractivity contribution in [3.05, 3.63) is 30.3 Å². The number of carboxylic acids is 1. The molecule has 0 aliphatic rings. The molecule has 4 heteroatoms. The number of aliphatic carboxylic acids is 1. The zero-order chi connectivity index (χ0) is 11.3. The molecule has 1 atom stereocenters. The molecule has 0 radical (unpaired) electrons. The maximum absolute atomic E-state index is 10.7. The molecular formula is C11H15NO3. The summed E-state index contributed by atoms with van der Waals surface area (Å²) in [7, 11) is 0. The Morgan fingerprint density at radius 1 is 1.47 bits per heavy atom. The van der Waals surface area contributed by atoms with Gasteiger partial charge in [0.15, 0.2) is 0 Å². The van der Waals surface area contributed by atoms with E-state index in [0.717, 1.165) is 5.75 Å². The molecule has 1 aromatic rings. The minimum Gasteiger partial charge on any atom is -0.494 e. The fourth-order valence-electron chi connectivity index (χ4n) is 1.00. The molecule has 0 saturated heterocycles. The van der Waals surface area contributed by atoms with Gasteiger partial charge in [0.2, 0.25) is 0 Å². The molecule has 0 fully saturated rings. The summed E-state index contributed by atoms with van der Waals surface area (Å²) in [6.07, 6.45) is 0.275. The van der Waals surface area contributed by atoms with E-state index in [9.17, 15) is 4.79 Å². The number of carbonyl (C=O) groups is 1. The molecule has 0 aliphatic carbocycles. The lowest BCUT2D eigenvalue weighted by atomic mass is 10.0. The fraction of sp³-hybridized carbons (Fsp3) is 0.364. The molecular weight excluding hydrogens is 194 g/mol. The zero-order valence-corrected chi connectivity index (χ0v) is 8.64. The second-order valence-electron chi connectivity index (χ2n) is 3.63. The third-order valence-corrected chi connectivity index (χ3v) is 2.12. The number of ether oxygens (including phenoxy) is 1. The van der Waals surface area contributed by atoms with Gasteiger partial charge in [0.05, 0.1) is 6.61 Å². The largest absolute Gasteiger partial charge is 0.494 e. The predicted octanol–water partition coefficient (Wildman–Crippen LogP) is 1.26. The first kappa shape index (κ1) is 11.5. The highest BCUT2D eigenvalue weighted by Crippen LogP contribution is 2.11. The van der Waals surface area contributed by atoms with Gasteiger partial charge >= 0.3 is 5.97 Å². The number of hydrogen-bond donors (Lipinski definition) is 2. The van der Waals surface area contributed by atoms with Crippen LogP contribution in [0.15, 0.2) is 30.3 Å². The summed E-state index contributed by atoms with van der Waals surface area (Å²) in [5, 5.41) is 8.76. The number of carboxylic acid groups (broad SMARTS) is 1. The van der Waals surface area contributed by atoms with E-state index >= 15 is 0 Å². The standard InChI is InChI=1S/C11H15NO3/c1-11(12,10(13)14)7-8-15-9-5-3-2-4-6-9/h2-6H,7-8,12H2,1H3,(H,13,14)/t11-/m0/s1. The van der Waals surface area contributed by atoms with Crippen LogP contribution in [0.2, 0.25) is 0 Å². The molecule has 82 valence electrons. The van der Waals surface area contributed by atoms with Crippen LogP contribution in [0.1, 0.15) is 13.3 Å². The number of benzene rings is 1. The van der Waals surface area contributed by atoms with Gasteiger partial charge in [-0.25, -0.2) is 0 Å². The molecule has 0 saturated carbocycles. The predicted molar refractivity (Wildman–Crippen MR) is 56.8 cm³/mol. The van der Waals surface area contributed by atoms with Crippen molar-refractivity contribution in [2.75, 3.05) is 6.61 Å². The first-order valence-electron chi connectivity index (χ1n) is 4.72. The molecule has 0 heterocycles. The van der Waals surface area contributed by atoms with Crippen LogP contribution < -0.4 is 10.5 Å². The van der Waals surface area contributed by atoms with Crippen molar-refractivity contribution >= 4 is 5.97 Å². The van der Waals surface area contributed by atoms with Crippen molar-refractivity contribution in [1.29, 1.82) is 0 Å². The number of rotatable bonds is 5. The van der Waals surface area contributed by atoms with E-state index in [1.807, 2.05) is 30.3 Å². The highest BCUT2D eigenvalue weighted by Gasteiger charge is 2.27. The van der Waals surface area contributed by atoms with E-state index in [-0.39, 0.29) is 6.42 Å². The van der Waals surface area contributed by atoms with Gasteiger partial charge in [0.25, 0.3) is 0 Å². The number of nitrogens with two attached hydrogens (primary N) is 1. The van der Waals surface area contributed by atoms with Gasteiger partial charge in [0, 0.05) is 6.42 Å². The lowest BCUT2D eigenvalue weighted by Crippen LogP contribution is -2.45. The topological polar surface area (TPSA) is 72.5 Å². The van der Waals surface area contributed by atoms with Crippen molar-refractivity contribution in [1.82, 2.24) is 0 Å². The van der Waals surface area contributed by atoms with E-state index in [1.54, 1.807) is 0 Å². The Balaban J connectivity index is 2.37. The van der Waals surface area contributed by atoms with Gasteiger partial charge < -0.3 is 15.6 Å². The maximum atomic E-state index is 10.7. The summed E-state index contributed by atoms with van der Waals surface area (Å²) >= 11 is 0. The van der Waals surface area contributed by atoms with Crippen molar-refractivity contribution in [2.24, 2.45) is 5.73 Å². The minimum absolute atomic E-state index is 0.275. The van der Waals surface area contributed by atoms with Crippen LogP contribution in [0.4, 0.5) is 0 Å². The van der Waals surface area contributed by atoms with Gasteiger partial charge in [-0.2, -0.15) is 0 Å². The third-order valence-electron chi connectivity index (χ3n) is 2.12. The first-order chi connectivity index (χ1) is 7.02. The van der Waals surface area contributed by atoms with Crippen LogP contribution in [0.3, 0.4) is 0 Å². The van der Waals surface area contributed by atoms with Gasteiger partial charge in [-0.3, -0.25) is 4.79 Å². The Kier molecular flexibility index (Phi) is 3.68. The maximum Gasteiger partial charge on any atom is 0.323 e. The molecule has 0 bridgehead atoms. The third kappa shape index (κ3) is 3.59. The normalized spacial score (nSPS) is 14.3. The molecule has 3 N–H and O–H groups in total. The average molecular weight is 209 g/mol. The van der Waals surface area contributed by atoms with E-state index < -0.39 is 11.5 Å².